The van der Waals surface area contributed by atoms with Crippen molar-refractivity contribution in [2.24, 2.45) is 14.1 Å². The highest BCUT2D eigenvalue weighted by molar-refractivity contribution is 6.05. The first-order chi connectivity index (χ1) is 10.5. The van der Waals surface area contributed by atoms with Crippen LogP contribution in [-0.4, -0.2) is 27.1 Å². The second-order valence-electron chi connectivity index (χ2n) is 5.19. The predicted molar refractivity (Wildman–Crippen MR) is 85.1 cm³/mol. The van der Waals surface area contributed by atoms with Crippen LogP contribution in [0.15, 0.2) is 47.4 Å². The Bertz CT molecular complexity index is 923. The number of aryl methyl sites for hydroxylation is 2. The molecule has 0 atom stereocenters. The van der Waals surface area contributed by atoms with Gasteiger partial charge in [0.25, 0.3) is 11.5 Å². The average molecular weight is 296 g/mol. The van der Waals surface area contributed by atoms with Crippen LogP contribution >= 0.6 is 0 Å². The molecular formula is C16H16N4O2. The molecule has 3 aromatic rings. The van der Waals surface area contributed by atoms with E-state index in [4.69, 9.17) is 0 Å². The normalized spacial score (nSPS) is 10.9. The summed E-state index contributed by atoms with van der Waals surface area (Å²) in [4.78, 5) is 30.2. The Hall–Kier alpha value is -2.89. The van der Waals surface area contributed by atoms with Crippen molar-refractivity contribution < 1.29 is 4.79 Å². The highest BCUT2D eigenvalue weighted by atomic mass is 16.2. The van der Waals surface area contributed by atoms with E-state index in [1.165, 1.54) is 15.5 Å². The number of carbonyl (C=O) groups is 1. The van der Waals surface area contributed by atoms with Gasteiger partial charge in [-0.1, -0.05) is 12.1 Å². The van der Waals surface area contributed by atoms with E-state index < -0.39 is 0 Å². The molecule has 0 spiro atoms. The number of aromatic nitrogens is 3. The number of anilines is 1. The number of rotatable bonds is 2. The molecule has 0 N–H and O–H groups in total. The maximum absolute atomic E-state index is 12.6. The van der Waals surface area contributed by atoms with Gasteiger partial charge in [-0.15, -0.1) is 0 Å². The maximum Gasteiger partial charge on any atom is 0.260 e. The first-order valence-corrected chi connectivity index (χ1v) is 6.85. The third-order valence-electron chi connectivity index (χ3n) is 3.72. The Morgan fingerprint density at radius 1 is 1.18 bits per heavy atom. The Morgan fingerprint density at radius 3 is 2.59 bits per heavy atom. The Labute approximate surface area is 127 Å². The van der Waals surface area contributed by atoms with E-state index in [0.717, 1.165) is 11.0 Å². The van der Waals surface area contributed by atoms with Crippen LogP contribution in [0.5, 0.6) is 0 Å². The van der Waals surface area contributed by atoms with E-state index in [-0.39, 0.29) is 11.5 Å². The standard InChI is InChI=1S/C16H16N4O2/c1-18-9-8-11(10-14(18)21)15(22)20(3)16-17-12-6-4-5-7-13(12)19(16)2/h4-10H,1-3H3. The van der Waals surface area contributed by atoms with E-state index in [1.807, 2.05) is 35.9 Å². The minimum atomic E-state index is -0.267. The maximum atomic E-state index is 12.6. The molecule has 0 saturated heterocycles. The number of carbonyl (C=O) groups excluding carboxylic acids is 1. The second kappa shape index (κ2) is 5.14. The van der Waals surface area contributed by atoms with Gasteiger partial charge in [0, 0.05) is 39.0 Å². The fourth-order valence-corrected chi connectivity index (χ4v) is 2.40. The molecule has 0 saturated carbocycles. The van der Waals surface area contributed by atoms with E-state index in [9.17, 15) is 9.59 Å². The number of amides is 1. The number of nitrogens with zero attached hydrogens (tertiary/aromatic N) is 4. The molecule has 0 unspecified atom stereocenters. The summed E-state index contributed by atoms with van der Waals surface area (Å²) in [6.07, 6.45) is 1.58. The minimum absolute atomic E-state index is 0.218. The van der Waals surface area contributed by atoms with Gasteiger partial charge in [-0.25, -0.2) is 4.98 Å². The molecule has 0 radical (unpaired) electrons. The number of hydrogen-bond acceptors (Lipinski definition) is 3. The Balaban J connectivity index is 2.03. The van der Waals surface area contributed by atoms with E-state index >= 15 is 0 Å². The first-order valence-electron chi connectivity index (χ1n) is 6.85. The largest absolute Gasteiger partial charge is 0.319 e. The SMILES string of the molecule is CN(C(=O)c1ccn(C)c(=O)c1)c1nc2ccccc2n1C. The number of fused-ring (bicyclic) bond motifs is 1. The van der Waals surface area contributed by atoms with Gasteiger partial charge < -0.3 is 9.13 Å². The lowest BCUT2D eigenvalue weighted by atomic mass is 10.2. The average Bonchev–Trinajstić information content (AvgIpc) is 2.86. The highest BCUT2D eigenvalue weighted by Crippen LogP contribution is 2.21. The van der Waals surface area contributed by atoms with Crippen LogP contribution in [0.25, 0.3) is 11.0 Å². The van der Waals surface area contributed by atoms with Crippen LogP contribution in [-0.2, 0) is 14.1 Å². The van der Waals surface area contributed by atoms with Crippen molar-refractivity contribution in [3.8, 4) is 0 Å². The summed E-state index contributed by atoms with van der Waals surface area (Å²) in [7, 11) is 5.16. The number of para-hydroxylation sites is 2. The van der Waals surface area contributed by atoms with Gasteiger partial charge >= 0.3 is 0 Å². The fraction of sp³-hybridized carbons (Fsp3) is 0.188. The Kier molecular flexibility index (Phi) is 3.29. The van der Waals surface area contributed by atoms with Crippen LogP contribution in [0.1, 0.15) is 10.4 Å². The smallest absolute Gasteiger partial charge is 0.260 e. The summed E-state index contributed by atoms with van der Waals surface area (Å²) in [6.45, 7) is 0. The van der Waals surface area contributed by atoms with Crippen molar-refractivity contribution in [3.63, 3.8) is 0 Å². The fourth-order valence-electron chi connectivity index (χ4n) is 2.40. The molecule has 6 nitrogen and oxygen atoms in total. The van der Waals surface area contributed by atoms with Gasteiger partial charge in [0.15, 0.2) is 0 Å². The molecule has 3 rings (SSSR count). The number of imidazole rings is 1. The second-order valence-corrected chi connectivity index (χ2v) is 5.19. The van der Waals surface area contributed by atoms with Crippen molar-refractivity contribution in [3.05, 3.63) is 58.5 Å². The van der Waals surface area contributed by atoms with Crippen LogP contribution in [0, 0.1) is 0 Å². The topological polar surface area (TPSA) is 60.1 Å². The molecule has 0 aliphatic heterocycles. The molecule has 0 aliphatic carbocycles. The lowest BCUT2D eigenvalue weighted by Gasteiger charge is -2.16. The predicted octanol–water partition coefficient (Wildman–Crippen LogP) is 1.55. The molecule has 0 aliphatic rings. The van der Waals surface area contributed by atoms with Crippen molar-refractivity contribution in [1.82, 2.24) is 14.1 Å². The van der Waals surface area contributed by atoms with Crippen LogP contribution < -0.4 is 10.5 Å². The summed E-state index contributed by atoms with van der Waals surface area (Å²) in [5, 5.41) is 0. The van der Waals surface area contributed by atoms with E-state index in [1.54, 1.807) is 26.4 Å². The van der Waals surface area contributed by atoms with Gasteiger partial charge in [-0.3, -0.25) is 14.5 Å². The number of benzene rings is 1. The van der Waals surface area contributed by atoms with E-state index in [2.05, 4.69) is 4.98 Å². The summed E-state index contributed by atoms with van der Waals surface area (Å²) < 4.78 is 3.28. The monoisotopic (exact) mass is 296 g/mol. The van der Waals surface area contributed by atoms with Crippen molar-refractivity contribution >= 4 is 22.9 Å². The summed E-state index contributed by atoms with van der Waals surface area (Å²) in [5.74, 6) is 0.267. The molecule has 0 bridgehead atoms. The first kappa shape index (κ1) is 14.1. The van der Waals surface area contributed by atoms with Crippen molar-refractivity contribution in [1.29, 1.82) is 0 Å². The highest BCUT2D eigenvalue weighted by Gasteiger charge is 2.19. The summed E-state index contributed by atoms with van der Waals surface area (Å²) in [5.41, 5.74) is 1.90. The zero-order valence-electron chi connectivity index (χ0n) is 12.6. The van der Waals surface area contributed by atoms with Crippen LogP contribution in [0.2, 0.25) is 0 Å². The zero-order chi connectivity index (χ0) is 15.9. The summed E-state index contributed by atoms with van der Waals surface area (Å²) >= 11 is 0. The molecule has 2 heterocycles. The van der Waals surface area contributed by atoms with Gasteiger partial charge in [-0.2, -0.15) is 0 Å². The molecule has 1 amide bonds. The molecule has 22 heavy (non-hydrogen) atoms. The number of hydrogen-bond donors (Lipinski definition) is 0. The number of pyridine rings is 1. The minimum Gasteiger partial charge on any atom is -0.319 e. The Morgan fingerprint density at radius 2 is 1.91 bits per heavy atom. The van der Waals surface area contributed by atoms with Gasteiger partial charge in [0.1, 0.15) is 0 Å². The molecule has 6 heteroatoms. The zero-order valence-corrected chi connectivity index (χ0v) is 12.6. The van der Waals surface area contributed by atoms with Gasteiger partial charge in [0.05, 0.1) is 11.0 Å². The van der Waals surface area contributed by atoms with Gasteiger partial charge in [0.2, 0.25) is 5.95 Å². The lowest BCUT2D eigenvalue weighted by molar-refractivity contribution is 0.0991. The molecule has 2 aromatic heterocycles. The quantitative estimate of drug-likeness (QED) is 0.721. The van der Waals surface area contributed by atoms with Crippen molar-refractivity contribution in [2.45, 2.75) is 0 Å². The van der Waals surface area contributed by atoms with Gasteiger partial charge in [-0.05, 0) is 18.2 Å². The van der Waals surface area contributed by atoms with E-state index in [0.29, 0.717) is 11.5 Å². The van der Waals surface area contributed by atoms with Crippen LogP contribution in [0.3, 0.4) is 0 Å². The molecule has 0 fully saturated rings. The third kappa shape index (κ3) is 2.18. The van der Waals surface area contributed by atoms with Crippen molar-refractivity contribution in [2.75, 3.05) is 11.9 Å². The lowest BCUT2D eigenvalue weighted by Crippen LogP contribution is -2.30. The van der Waals surface area contributed by atoms with Crippen LogP contribution in [0.4, 0.5) is 5.95 Å². The third-order valence-corrected chi connectivity index (χ3v) is 3.72. The summed E-state index contributed by atoms with van der Waals surface area (Å²) in [6, 6.07) is 10.6. The molecule has 112 valence electrons. The molecule has 1 aromatic carbocycles. The molecular weight excluding hydrogens is 280 g/mol.